The topological polar surface area (TPSA) is 70.1 Å². The number of rotatable bonds is 5. The molecule has 1 aromatic carbocycles. The Morgan fingerprint density at radius 3 is 2.70 bits per heavy atom. The van der Waals surface area contributed by atoms with Crippen LogP contribution in [0.25, 0.3) is 0 Å². The van der Waals surface area contributed by atoms with Crippen molar-refractivity contribution in [2.24, 2.45) is 5.92 Å². The molecule has 1 fully saturated rings. The van der Waals surface area contributed by atoms with E-state index in [9.17, 15) is 14.7 Å². The number of nitrogens with zero attached hydrogens (tertiary/aromatic N) is 2. The maximum atomic E-state index is 12.3. The zero-order valence-electron chi connectivity index (χ0n) is 13.9. The minimum Gasteiger partial charge on any atom is -0.497 e. The molecule has 0 spiro atoms. The average molecular weight is 320 g/mol. The van der Waals surface area contributed by atoms with Gasteiger partial charge in [-0.05, 0) is 23.6 Å². The lowest BCUT2D eigenvalue weighted by atomic mass is 10.1. The fraction of sp³-hybridized carbons (Fsp3) is 0.529. The second-order valence-corrected chi connectivity index (χ2v) is 6.12. The lowest BCUT2D eigenvalue weighted by Gasteiger charge is -2.35. The second kappa shape index (κ2) is 7.46. The van der Waals surface area contributed by atoms with E-state index in [1.165, 1.54) is 4.90 Å². The van der Waals surface area contributed by atoms with Crippen molar-refractivity contribution < 1.29 is 19.4 Å². The molecule has 1 atom stereocenters. The Bertz CT molecular complexity index is 573. The van der Waals surface area contributed by atoms with Crippen LogP contribution in [0.3, 0.4) is 0 Å². The first-order chi connectivity index (χ1) is 10.9. The van der Waals surface area contributed by atoms with Crippen molar-refractivity contribution in [1.82, 2.24) is 9.80 Å². The summed E-state index contributed by atoms with van der Waals surface area (Å²) in [5.74, 6) is 0.119. The van der Waals surface area contributed by atoms with Gasteiger partial charge in [0.25, 0.3) is 5.91 Å². The molecule has 2 amide bonds. The molecule has 1 saturated heterocycles. The Hall–Kier alpha value is -2.08. The van der Waals surface area contributed by atoms with Gasteiger partial charge in [0.15, 0.2) is 0 Å². The van der Waals surface area contributed by atoms with E-state index in [1.54, 1.807) is 25.9 Å². The number of ether oxygens (including phenoxy) is 1. The number of methoxy groups -OCH3 is 1. The zero-order valence-corrected chi connectivity index (χ0v) is 13.9. The summed E-state index contributed by atoms with van der Waals surface area (Å²) < 4.78 is 5.18. The van der Waals surface area contributed by atoms with Gasteiger partial charge in [-0.3, -0.25) is 9.59 Å². The van der Waals surface area contributed by atoms with E-state index >= 15 is 0 Å². The molecule has 23 heavy (non-hydrogen) atoms. The molecule has 6 nitrogen and oxygen atoms in total. The minimum absolute atomic E-state index is 0.0204. The number of carbonyl (C=O) groups excluding carboxylic acids is 2. The predicted molar refractivity (Wildman–Crippen MR) is 85.8 cm³/mol. The molecule has 0 radical (unpaired) electrons. The number of aliphatic hydroxyl groups excluding tert-OH is 1. The minimum atomic E-state index is -1.05. The normalized spacial score (nSPS) is 16.7. The van der Waals surface area contributed by atoms with E-state index in [2.05, 4.69) is 0 Å². The van der Waals surface area contributed by atoms with Gasteiger partial charge in [0.1, 0.15) is 11.9 Å². The summed E-state index contributed by atoms with van der Waals surface area (Å²) in [4.78, 5) is 27.6. The van der Waals surface area contributed by atoms with Gasteiger partial charge >= 0.3 is 0 Å². The number of benzene rings is 1. The van der Waals surface area contributed by atoms with Gasteiger partial charge in [0.05, 0.1) is 13.7 Å². The highest BCUT2D eigenvalue weighted by Crippen LogP contribution is 2.16. The Morgan fingerprint density at radius 1 is 1.35 bits per heavy atom. The monoisotopic (exact) mass is 320 g/mol. The molecule has 126 valence electrons. The summed E-state index contributed by atoms with van der Waals surface area (Å²) >= 11 is 0. The number of hydrogen-bond acceptors (Lipinski definition) is 4. The van der Waals surface area contributed by atoms with Crippen molar-refractivity contribution in [3.8, 4) is 5.75 Å². The van der Waals surface area contributed by atoms with Crippen LogP contribution in [0, 0.1) is 5.92 Å². The molecular formula is C17H24N2O4. The molecule has 1 aromatic rings. The Labute approximate surface area is 136 Å². The van der Waals surface area contributed by atoms with Gasteiger partial charge in [-0.2, -0.15) is 0 Å². The van der Waals surface area contributed by atoms with E-state index in [0.717, 1.165) is 11.3 Å². The third-order valence-electron chi connectivity index (χ3n) is 4.02. The summed E-state index contributed by atoms with van der Waals surface area (Å²) in [7, 11) is 1.61. The zero-order chi connectivity index (χ0) is 17.0. The first kappa shape index (κ1) is 17.3. The van der Waals surface area contributed by atoms with E-state index in [4.69, 9.17) is 4.74 Å². The maximum absolute atomic E-state index is 12.3. The molecule has 0 aliphatic carbocycles. The summed E-state index contributed by atoms with van der Waals surface area (Å²) in [5, 5.41) is 9.86. The highest BCUT2D eigenvalue weighted by molar-refractivity contribution is 5.88. The molecule has 0 unspecified atom stereocenters. The molecule has 1 N–H and O–H groups in total. The number of piperazine rings is 1. The first-order valence-electron chi connectivity index (χ1n) is 7.80. The van der Waals surface area contributed by atoms with Crippen LogP contribution in [0.4, 0.5) is 0 Å². The van der Waals surface area contributed by atoms with E-state index < -0.39 is 6.10 Å². The summed E-state index contributed by atoms with van der Waals surface area (Å²) in [5.41, 5.74) is 0.986. The molecule has 2 rings (SSSR count). The molecule has 1 aliphatic heterocycles. The largest absolute Gasteiger partial charge is 0.497 e. The van der Waals surface area contributed by atoms with Gasteiger partial charge in [0.2, 0.25) is 5.91 Å². The lowest BCUT2D eigenvalue weighted by molar-refractivity contribution is -0.152. The summed E-state index contributed by atoms with van der Waals surface area (Å²) in [6.07, 6.45) is -1.05. The molecular weight excluding hydrogens is 296 g/mol. The standard InChI is InChI=1S/C17H24N2O4/c1-12(2)16(21)17(22)19-8-7-18(15(20)11-19)10-13-5-4-6-14(9-13)23-3/h4-6,9,12,16,21H,7-8,10-11H2,1-3H3/t16-/m1/s1. The smallest absolute Gasteiger partial charge is 0.252 e. The highest BCUT2D eigenvalue weighted by Gasteiger charge is 2.31. The molecule has 0 aromatic heterocycles. The number of hydrogen-bond donors (Lipinski definition) is 1. The van der Waals surface area contributed by atoms with Gasteiger partial charge < -0.3 is 19.6 Å². The quantitative estimate of drug-likeness (QED) is 0.874. The Morgan fingerprint density at radius 2 is 2.09 bits per heavy atom. The van der Waals surface area contributed by atoms with Crippen LogP contribution >= 0.6 is 0 Å². The molecule has 1 aliphatic rings. The number of aliphatic hydroxyl groups is 1. The van der Waals surface area contributed by atoms with Gasteiger partial charge in [-0.1, -0.05) is 26.0 Å². The lowest BCUT2D eigenvalue weighted by Crippen LogP contribution is -2.54. The van der Waals surface area contributed by atoms with Gasteiger partial charge in [-0.15, -0.1) is 0 Å². The van der Waals surface area contributed by atoms with Crippen LogP contribution in [0.2, 0.25) is 0 Å². The maximum Gasteiger partial charge on any atom is 0.252 e. The molecule has 0 saturated carbocycles. The average Bonchev–Trinajstić information content (AvgIpc) is 2.55. The van der Waals surface area contributed by atoms with Crippen molar-refractivity contribution >= 4 is 11.8 Å². The Balaban J connectivity index is 1.96. The Kier molecular flexibility index (Phi) is 5.60. The SMILES string of the molecule is COc1cccc(CN2CCN(C(=O)[C@H](O)C(C)C)CC2=O)c1. The second-order valence-electron chi connectivity index (χ2n) is 6.12. The van der Waals surface area contributed by atoms with Gasteiger partial charge in [-0.25, -0.2) is 0 Å². The number of carbonyl (C=O) groups is 2. The van der Waals surface area contributed by atoms with E-state index in [1.807, 2.05) is 24.3 Å². The van der Waals surface area contributed by atoms with E-state index in [0.29, 0.717) is 19.6 Å². The van der Waals surface area contributed by atoms with Crippen molar-refractivity contribution in [2.75, 3.05) is 26.7 Å². The third-order valence-corrected chi connectivity index (χ3v) is 4.02. The van der Waals surface area contributed by atoms with Crippen LogP contribution in [0.5, 0.6) is 5.75 Å². The number of amides is 2. The summed E-state index contributed by atoms with van der Waals surface area (Å²) in [6.45, 7) is 4.98. The third kappa shape index (κ3) is 4.22. The van der Waals surface area contributed by atoms with Crippen molar-refractivity contribution in [2.45, 2.75) is 26.5 Å². The van der Waals surface area contributed by atoms with Crippen LogP contribution < -0.4 is 4.74 Å². The van der Waals surface area contributed by atoms with Crippen molar-refractivity contribution in [3.05, 3.63) is 29.8 Å². The van der Waals surface area contributed by atoms with Crippen LogP contribution in [0.1, 0.15) is 19.4 Å². The van der Waals surface area contributed by atoms with Crippen LogP contribution in [-0.2, 0) is 16.1 Å². The molecule has 0 bridgehead atoms. The fourth-order valence-electron chi connectivity index (χ4n) is 2.53. The van der Waals surface area contributed by atoms with Crippen LogP contribution in [-0.4, -0.2) is 59.6 Å². The fourth-order valence-corrected chi connectivity index (χ4v) is 2.53. The predicted octanol–water partition coefficient (Wildman–Crippen LogP) is 0.883. The van der Waals surface area contributed by atoms with Gasteiger partial charge in [0, 0.05) is 19.6 Å². The van der Waals surface area contributed by atoms with Crippen LogP contribution in [0.15, 0.2) is 24.3 Å². The van der Waals surface area contributed by atoms with Crippen molar-refractivity contribution in [3.63, 3.8) is 0 Å². The van der Waals surface area contributed by atoms with Crippen molar-refractivity contribution in [1.29, 1.82) is 0 Å². The molecule has 6 heteroatoms. The summed E-state index contributed by atoms with van der Waals surface area (Å²) in [6, 6.07) is 7.58. The first-order valence-corrected chi connectivity index (χ1v) is 7.80. The van der Waals surface area contributed by atoms with E-state index in [-0.39, 0.29) is 24.3 Å². The highest BCUT2D eigenvalue weighted by atomic mass is 16.5. The molecule has 1 heterocycles.